The largest absolute Gasteiger partial charge is 0.368 e. The van der Waals surface area contributed by atoms with Gasteiger partial charge in [-0.1, -0.05) is 17.7 Å². The van der Waals surface area contributed by atoms with Gasteiger partial charge in [-0.3, -0.25) is 4.79 Å². The normalized spacial score (nSPS) is 15.0. The number of fused-ring (bicyclic) bond motifs is 1. The van der Waals surface area contributed by atoms with Crippen LogP contribution in [-0.2, 0) is 0 Å². The molecule has 7 heteroatoms. The molecule has 0 unspecified atom stereocenters. The van der Waals surface area contributed by atoms with Gasteiger partial charge >= 0.3 is 0 Å². The highest BCUT2D eigenvalue weighted by Crippen LogP contribution is 2.22. The van der Waals surface area contributed by atoms with E-state index in [1.54, 1.807) is 0 Å². The smallest absolute Gasteiger partial charge is 0.256 e. The van der Waals surface area contributed by atoms with Crippen molar-refractivity contribution in [3.63, 3.8) is 0 Å². The predicted octanol–water partition coefficient (Wildman–Crippen LogP) is 3.31. The molecule has 2 aromatic carbocycles. The number of amides is 1. The Kier molecular flexibility index (Phi) is 4.08. The zero-order valence-electron chi connectivity index (χ0n) is 12.9. The quantitative estimate of drug-likeness (QED) is 0.705. The number of carbonyl (C=O) groups excluding carboxylic acids is 1. The van der Waals surface area contributed by atoms with Gasteiger partial charge < -0.3 is 9.80 Å². The van der Waals surface area contributed by atoms with Crippen LogP contribution in [0.5, 0.6) is 0 Å². The summed E-state index contributed by atoms with van der Waals surface area (Å²) >= 11 is 7.08. The summed E-state index contributed by atoms with van der Waals surface area (Å²) in [6, 6.07) is 13.4. The van der Waals surface area contributed by atoms with Crippen molar-refractivity contribution in [3.8, 4) is 0 Å². The summed E-state index contributed by atoms with van der Waals surface area (Å²) in [6.45, 7) is 2.99. The Hall–Kier alpha value is -2.18. The highest BCUT2D eigenvalue weighted by Gasteiger charge is 2.24. The van der Waals surface area contributed by atoms with Crippen molar-refractivity contribution in [2.45, 2.75) is 0 Å². The van der Waals surface area contributed by atoms with Crippen LogP contribution in [0.15, 0.2) is 42.5 Å². The first kappa shape index (κ1) is 15.4. The third kappa shape index (κ3) is 2.83. The van der Waals surface area contributed by atoms with Crippen molar-refractivity contribution in [2.75, 3.05) is 31.1 Å². The second kappa shape index (κ2) is 6.37. The topological polar surface area (TPSA) is 49.3 Å². The number of anilines is 1. The van der Waals surface area contributed by atoms with Crippen molar-refractivity contribution in [3.05, 3.63) is 53.1 Å². The van der Waals surface area contributed by atoms with Crippen LogP contribution in [0.25, 0.3) is 11.0 Å². The molecule has 3 aromatic rings. The fraction of sp³-hybridized carbons (Fsp3) is 0.235. The number of halogens is 1. The standard InChI is InChI=1S/C17H15ClN4OS/c18-12-4-6-13(7-5-12)21-8-10-22(11-9-21)17(23)14-2-1-3-15-16(14)20-24-19-15/h1-7H,8-11H2. The summed E-state index contributed by atoms with van der Waals surface area (Å²) in [7, 11) is 0. The molecular weight excluding hydrogens is 344 g/mol. The van der Waals surface area contributed by atoms with E-state index in [9.17, 15) is 4.79 Å². The van der Waals surface area contributed by atoms with Gasteiger partial charge in [0.05, 0.1) is 17.3 Å². The van der Waals surface area contributed by atoms with Gasteiger partial charge in [-0.15, -0.1) is 0 Å². The van der Waals surface area contributed by atoms with E-state index >= 15 is 0 Å². The zero-order chi connectivity index (χ0) is 16.5. The first-order valence-electron chi connectivity index (χ1n) is 7.73. The maximum Gasteiger partial charge on any atom is 0.256 e. The lowest BCUT2D eigenvalue weighted by Crippen LogP contribution is -2.48. The molecule has 5 nitrogen and oxygen atoms in total. The number of hydrogen-bond donors (Lipinski definition) is 0. The Bertz CT molecular complexity index is 872. The molecule has 0 spiro atoms. The molecule has 122 valence electrons. The van der Waals surface area contributed by atoms with Gasteiger partial charge in [0, 0.05) is 36.9 Å². The SMILES string of the molecule is O=C(c1cccc2nsnc12)N1CCN(c2ccc(Cl)cc2)CC1. The molecule has 0 N–H and O–H groups in total. The Labute approximate surface area is 148 Å². The van der Waals surface area contributed by atoms with E-state index in [0.717, 1.165) is 41.0 Å². The van der Waals surface area contributed by atoms with Crippen LogP contribution < -0.4 is 4.90 Å². The Balaban J connectivity index is 1.48. The van der Waals surface area contributed by atoms with E-state index in [1.165, 1.54) is 0 Å². The summed E-state index contributed by atoms with van der Waals surface area (Å²) in [5.41, 5.74) is 3.26. The summed E-state index contributed by atoms with van der Waals surface area (Å²) in [5.74, 6) is 0.0315. The van der Waals surface area contributed by atoms with E-state index in [4.69, 9.17) is 11.6 Å². The Morgan fingerprint density at radius 2 is 1.75 bits per heavy atom. The fourth-order valence-electron chi connectivity index (χ4n) is 2.97. The third-order valence-electron chi connectivity index (χ3n) is 4.28. The van der Waals surface area contributed by atoms with Crippen LogP contribution in [0.1, 0.15) is 10.4 Å². The lowest BCUT2D eigenvalue weighted by atomic mass is 10.1. The molecule has 4 rings (SSSR count). The van der Waals surface area contributed by atoms with Gasteiger partial charge in [-0.25, -0.2) is 0 Å². The number of hydrogen-bond acceptors (Lipinski definition) is 5. The zero-order valence-corrected chi connectivity index (χ0v) is 14.4. The summed E-state index contributed by atoms with van der Waals surface area (Å²) < 4.78 is 8.47. The number of rotatable bonds is 2. The van der Waals surface area contributed by atoms with E-state index in [0.29, 0.717) is 24.2 Å². The monoisotopic (exact) mass is 358 g/mol. The highest BCUT2D eigenvalue weighted by molar-refractivity contribution is 7.00. The summed E-state index contributed by atoms with van der Waals surface area (Å²) in [4.78, 5) is 17.0. The molecule has 0 saturated carbocycles. The first-order valence-corrected chi connectivity index (χ1v) is 8.84. The van der Waals surface area contributed by atoms with Gasteiger partial charge in [0.15, 0.2) is 0 Å². The minimum Gasteiger partial charge on any atom is -0.368 e. The summed E-state index contributed by atoms with van der Waals surface area (Å²) in [6.07, 6.45) is 0. The maximum atomic E-state index is 12.8. The van der Waals surface area contributed by atoms with Crippen molar-refractivity contribution in [2.24, 2.45) is 0 Å². The van der Waals surface area contributed by atoms with Gasteiger partial charge in [0.1, 0.15) is 11.0 Å². The predicted molar refractivity (Wildman–Crippen MR) is 97.0 cm³/mol. The molecule has 0 radical (unpaired) electrons. The molecule has 0 atom stereocenters. The van der Waals surface area contributed by atoms with Crippen LogP contribution in [0.3, 0.4) is 0 Å². The second-order valence-electron chi connectivity index (χ2n) is 5.69. The molecule has 24 heavy (non-hydrogen) atoms. The average molecular weight is 359 g/mol. The van der Waals surface area contributed by atoms with E-state index in [2.05, 4.69) is 13.6 Å². The number of nitrogens with zero attached hydrogens (tertiary/aromatic N) is 4. The van der Waals surface area contributed by atoms with Crippen molar-refractivity contribution < 1.29 is 4.79 Å². The molecule has 1 fully saturated rings. The van der Waals surface area contributed by atoms with Crippen LogP contribution >= 0.6 is 23.3 Å². The number of aromatic nitrogens is 2. The third-order valence-corrected chi connectivity index (χ3v) is 5.07. The highest BCUT2D eigenvalue weighted by atomic mass is 35.5. The van der Waals surface area contributed by atoms with E-state index < -0.39 is 0 Å². The molecular formula is C17H15ClN4OS. The van der Waals surface area contributed by atoms with Crippen LogP contribution in [0, 0.1) is 0 Å². The molecule has 1 saturated heterocycles. The van der Waals surface area contributed by atoms with E-state index in [1.807, 2.05) is 47.4 Å². The molecule has 1 aliphatic heterocycles. The molecule has 0 bridgehead atoms. The molecule has 1 aliphatic rings. The van der Waals surface area contributed by atoms with Gasteiger partial charge in [0.25, 0.3) is 5.91 Å². The fourth-order valence-corrected chi connectivity index (χ4v) is 3.64. The van der Waals surface area contributed by atoms with Crippen LogP contribution in [-0.4, -0.2) is 45.7 Å². The first-order chi connectivity index (χ1) is 11.7. The van der Waals surface area contributed by atoms with Crippen LogP contribution in [0.2, 0.25) is 5.02 Å². The molecule has 1 amide bonds. The molecule has 0 aliphatic carbocycles. The van der Waals surface area contributed by atoms with Gasteiger partial charge in [0.2, 0.25) is 0 Å². The maximum absolute atomic E-state index is 12.8. The van der Waals surface area contributed by atoms with E-state index in [-0.39, 0.29) is 5.91 Å². The van der Waals surface area contributed by atoms with Gasteiger partial charge in [-0.2, -0.15) is 8.75 Å². The minimum atomic E-state index is 0.0315. The van der Waals surface area contributed by atoms with Crippen molar-refractivity contribution in [1.29, 1.82) is 0 Å². The number of piperazine rings is 1. The lowest BCUT2D eigenvalue weighted by molar-refractivity contribution is 0.0748. The molecule has 1 aromatic heterocycles. The number of benzene rings is 2. The van der Waals surface area contributed by atoms with Crippen molar-refractivity contribution in [1.82, 2.24) is 13.6 Å². The lowest BCUT2D eigenvalue weighted by Gasteiger charge is -2.36. The molecule has 2 heterocycles. The second-order valence-corrected chi connectivity index (χ2v) is 6.66. The summed E-state index contributed by atoms with van der Waals surface area (Å²) in [5, 5.41) is 0.734. The number of carbonyl (C=O) groups is 1. The van der Waals surface area contributed by atoms with Crippen LogP contribution in [0.4, 0.5) is 5.69 Å². The average Bonchev–Trinajstić information content (AvgIpc) is 3.11. The minimum absolute atomic E-state index is 0.0315. The Morgan fingerprint density at radius 1 is 1.00 bits per heavy atom. The van der Waals surface area contributed by atoms with Gasteiger partial charge in [-0.05, 0) is 36.4 Å². The Morgan fingerprint density at radius 3 is 2.50 bits per heavy atom. The van der Waals surface area contributed by atoms with Crippen molar-refractivity contribution >= 4 is 46.0 Å².